The second kappa shape index (κ2) is 4.28. The van der Waals surface area contributed by atoms with Crippen molar-refractivity contribution in [3.05, 3.63) is 29.8 Å². The molecule has 16 heavy (non-hydrogen) atoms. The summed E-state index contributed by atoms with van der Waals surface area (Å²) in [6.45, 7) is 8.74. The zero-order valence-electron chi connectivity index (χ0n) is 10.4. The van der Waals surface area contributed by atoms with Crippen LogP contribution in [-0.2, 0) is 0 Å². The molecule has 2 heterocycles. The van der Waals surface area contributed by atoms with Crippen LogP contribution >= 0.6 is 0 Å². The molecule has 0 amide bonds. The van der Waals surface area contributed by atoms with E-state index in [-0.39, 0.29) is 0 Å². The third kappa shape index (κ3) is 1.73. The SMILES string of the molecule is CCC(C)c1cnc(C(C)C)c2ccoc12. The smallest absolute Gasteiger partial charge is 0.140 e. The largest absolute Gasteiger partial charge is 0.464 e. The topological polar surface area (TPSA) is 26.0 Å². The highest BCUT2D eigenvalue weighted by Crippen LogP contribution is 2.31. The van der Waals surface area contributed by atoms with Crippen molar-refractivity contribution in [2.75, 3.05) is 0 Å². The van der Waals surface area contributed by atoms with E-state index in [0.29, 0.717) is 11.8 Å². The molecule has 0 fully saturated rings. The summed E-state index contributed by atoms with van der Waals surface area (Å²) in [5.41, 5.74) is 3.38. The van der Waals surface area contributed by atoms with Gasteiger partial charge >= 0.3 is 0 Å². The second-order valence-electron chi connectivity index (χ2n) is 4.73. The maximum Gasteiger partial charge on any atom is 0.140 e. The van der Waals surface area contributed by atoms with E-state index >= 15 is 0 Å². The highest BCUT2D eigenvalue weighted by atomic mass is 16.3. The Labute approximate surface area is 96.7 Å². The van der Waals surface area contributed by atoms with E-state index in [1.54, 1.807) is 6.26 Å². The molecule has 0 aliphatic rings. The molecule has 0 N–H and O–H groups in total. The van der Waals surface area contributed by atoms with Crippen LogP contribution in [0.2, 0.25) is 0 Å². The van der Waals surface area contributed by atoms with Gasteiger partial charge in [0.25, 0.3) is 0 Å². The van der Waals surface area contributed by atoms with Crippen molar-refractivity contribution in [1.29, 1.82) is 0 Å². The maximum atomic E-state index is 5.62. The fraction of sp³-hybridized carbons (Fsp3) is 0.500. The van der Waals surface area contributed by atoms with Crippen LogP contribution < -0.4 is 0 Å². The fourth-order valence-corrected chi connectivity index (χ4v) is 2.03. The Morgan fingerprint density at radius 1 is 1.31 bits per heavy atom. The molecule has 0 aromatic carbocycles. The van der Waals surface area contributed by atoms with E-state index in [1.807, 2.05) is 12.3 Å². The molecule has 1 atom stereocenters. The monoisotopic (exact) mass is 217 g/mol. The van der Waals surface area contributed by atoms with E-state index in [2.05, 4.69) is 32.7 Å². The lowest BCUT2D eigenvalue weighted by Crippen LogP contribution is -1.98. The van der Waals surface area contributed by atoms with Crippen molar-refractivity contribution in [2.45, 2.75) is 46.0 Å². The Kier molecular flexibility index (Phi) is 2.99. The molecule has 86 valence electrons. The van der Waals surface area contributed by atoms with Gasteiger partial charge in [0.15, 0.2) is 0 Å². The summed E-state index contributed by atoms with van der Waals surface area (Å²) in [5.74, 6) is 0.938. The minimum Gasteiger partial charge on any atom is -0.464 e. The van der Waals surface area contributed by atoms with Crippen LogP contribution in [0.4, 0.5) is 0 Å². The van der Waals surface area contributed by atoms with Gasteiger partial charge in [-0.2, -0.15) is 0 Å². The van der Waals surface area contributed by atoms with Crippen LogP contribution in [0.5, 0.6) is 0 Å². The molecule has 2 aromatic heterocycles. The number of furan rings is 1. The fourth-order valence-electron chi connectivity index (χ4n) is 2.03. The van der Waals surface area contributed by atoms with Gasteiger partial charge in [-0.05, 0) is 24.3 Å². The first kappa shape index (κ1) is 11.2. The van der Waals surface area contributed by atoms with Gasteiger partial charge in [0.2, 0.25) is 0 Å². The van der Waals surface area contributed by atoms with Crippen molar-refractivity contribution >= 4 is 11.0 Å². The van der Waals surface area contributed by atoms with Gasteiger partial charge in [0, 0.05) is 17.1 Å². The predicted molar refractivity (Wildman–Crippen MR) is 66.8 cm³/mol. The molecule has 2 aromatic rings. The van der Waals surface area contributed by atoms with Crippen molar-refractivity contribution in [3.63, 3.8) is 0 Å². The Balaban J connectivity index is 2.63. The normalized spacial score (nSPS) is 13.6. The maximum absolute atomic E-state index is 5.62. The molecule has 0 radical (unpaired) electrons. The lowest BCUT2D eigenvalue weighted by molar-refractivity contribution is 0.600. The lowest BCUT2D eigenvalue weighted by Gasteiger charge is -2.12. The molecule has 1 unspecified atom stereocenters. The minimum atomic E-state index is 0.436. The number of pyridine rings is 1. The molecule has 0 saturated carbocycles. The number of fused-ring (bicyclic) bond motifs is 1. The van der Waals surface area contributed by atoms with Gasteiger partial charge in [-0.15, -0.1) is 0 Å². The predicted octanol–water partition coefficient (Wildman–Crippen LogP) is 4.46. The summed E-state index contributed by atoms with van der Waals surface area (Å²) in [6.07, 6.45) is 4.86. The zero-order chi connectivity index (χ0) is 11.7. The van der Waals surface area contributed by atoms with Crippen LogP contribution in [0.1, 0.15) is 57.2 Å². The first-order valence-corrected chi connectivity index (χ1v) is 6.01. The van der Waals surface area contributed by atoms with Crippen molar-refractivity contribution in [1.82, 2.24) is 4.98 Å². The summed E-state index contributed by atoms with van der Waals surface area (Å²) in [4.78, 5) is 4.59. The summed E-state index contributed by atoms with van der Waals surface area (Å²) in [7, 11) is 0. The molecule has 2 rings (SSSR count). The minimum absolute atomic E-state index is 0.436. The average molecular weight is 217 g/mol. The van der Waals surface area contributed by atoms with E-state index in [1.165, 1.54) is 10.9 Å². The van der Waals surface area contributed by atoms with Gasteiger partial charge in [0.1, 0.15) is 5.58 Å². The molecule has 2 heteroatoms. The molecule has 0 spiro atoms. The van der Waals surface area contributed by atoms with Gasteiger partial charge in [0.05, 0.1) is 12.0 Å². The molecule has 2 nitrogen and oxygen atoms in total. The van der Waals surface area contributed by atoms with Gasteiger partial charge < -0.3 is 4.42 Å². The van der Waals surface area contributed by atoms with Gasteiger partial charge in [-0.3, -0.25) is 4.98 Å². The van der Waals surface area contributed by atoms with E-state index < -0.39 is 0 Å². The van der Waals surface area contributed by atoms with E-state index in [4.69, 9.17) is 4.42 Å². The van der Waals surface area contributed by atoms with Crippen molar-refractivity contribution in [3.8, 4) is 0 Å². The Hall–Kier alpha value is -1.31. The Morgan fingerprint density at radius 2 is 2.06 bits per heavy atom. The van der Waals surface area contributed by atoms with Gasteiger partial charge in [-0.1, -0.05) is 27.7 Å². The highest BCUT2D eigenvalue weighted by molar-refractivity contribution is 5.83. The summed E-state index contributed by atoms with van der Waals surface area (Å²) in [5, 5.41) is 1.17. The number of hydrogen-bond acceptors (Lipinski definition) is 2. The quantitative estimate of drug-likeness (QED) is 0.758. The summed E-state index contributed by atoms with van der Waals surface area (Å²) < 4.78 is 5.62. The van der Waals surface area contributed by atoms with Crippen molar-refractivity contribution in [2.24, 2.45) is 0 Å². The van der Waals surface area contributed by atoms with E-state index in [0.717, 1.165) is 17.7 Å². The first-order valence-electron chi connectivity index (χ1n) is 6.01. The number of rotatable bonds is 3. The van der Waals surface area contributed by atoms with Crippen LogP contribution in [-0.4, -0.2) is 4.98 Å². The molecule has 0 bridgehead atoms. The summed E-state index contributed by atoms with van der Waals surface area (Å²) in [6, 6.07) is 2.03. The van der Waals surface area contributed by atoms with Gasteiger partial charge in [-0.25, -0.2) is 0 Å². The van der Waals surface area contributed by atoms with Crippen LogP contribution in [0, 0.1) is 0 Å². The van der Waals surface area contributed by atoms with Crippen LogP contribution in [0.3, 0.4) is 0 Å². The van der Waals surface area contributed by atoms with Crippen molar-refractivity contribution < 1.29 is 4.42 Å². The van der Waals surface area contributed by atoms with E-state index in [9.17, 15) is 0 Å². The summed E-state index contributed by atoms with van der Waals surface area (Å²) >= 11 is 0. The van der Waals surface area contributed by atoms with Crippen LogP contribution in [0.15, 0.2) is 22.9 Å². The molecule has 0 aliphatic heterocycles. The molecular weight excluding hydrogens is 198 g/mol. The second-order valence-corrected chi connectivity index (χ2v) is 4.73. The Morgan fingerprint density at radius 3 is 2.69 bits per heavy atom. The van der Waals surface area contributed by atoms with Crippen LogP contribution in [0.25, 0.3) is 11.0 Å². The molecule has 0 saturated heterocycles. The lowest BCUT2D eigenvalue weighted by atomic mass is 9.96. The third-order valence-electron chi connectivity index (χ3n) is 3.24. The first-order chi connectivity index (χ1) is 7.65. The Bertz CT molecular complexity index is 484. The molecule has 0 aliphatic carbocycles. The third-order valence-corrected chi connectivity index (χ3v) is 3.24. The number of nitrogens with zero attached hydrogens (tertiary/aromatic N) is 1. The number of hydrogen-bond donors (Lipinski definition) is 0. The number of aromatic nitrogens is 1. The zero-order valence-corrected chi connectivity index (χ0v) is 10.4. The highest BCUT2D eigenvalue weighted by Gasteiger charge is 2.15. The average Bonchev–Trinajstić information content (AvgIpc) is 2.75. The molecular formula is C14H19NO. The standard InChI is InChI=1S/C14H19NO/c1-5-10(4)12-8-15-13(9(2)3)11-6-7-16-14(11)12/h6-10H,5H2,1-4H3.